The zero-order valence-electron chi connectivity index (χ0n) is 25.7. The second kappa shape index (κ2) is 14.1. The number of halogens is 3. The van der Waals surface area contributed by atoms with Gasteiger partial charge in [0.05, 0.1) is 11.4 Å². The Labute approximate surface area is 279 Å². The molecule has 2 atom stereocenters. The first-order valence-corrected chi connectivity index (χ1v) is 14.7. The number of carbonyl (C=O) groups is 3. The first kappa shape index (κ1) is 33.8. The molecule has 1 aliphatic rings. The van der Waals surface area contributed by atoms with Crippen LogP contribution in [0.4, 0.5) is 14.5 Å². The maximum atomic E-state index is 15.6. The number of nitrogens with zero attached hydrogens (tertiary/aromatic N) is 4. The van der Waals surface area contributed by atoms with Gasteiger partial charge in [-0.2, -0.15) is 5.10 Å². The molecule has 2 amide bonds. The number of hydrogen-bond donors (Lipinski definition) is 3. The fraction of sp³-hybridized carbons (Fsp3) is 0.176. The second-order valence-electron chi connectivity index (χ2n) is 11.2. The topological polar surface area (TPSA) is 153 Å². The van der Waals surface area contributed by atoms with Crippen LogP contribution in [-0.4, -0.2) is 50.3 Å². The number of para-hydroxylation sites is 1. The number of nitrogens with one attached hydrogen (secondary N) is 2. The molecular formula is C34H30ClF2N7O4. The molecule has 5 aromatic rings. The monoisotopic (exact) mass is 673 g/mol. The molecule has 6 rings (SSSR count). The van der Waals surface area contributed by atoms with Crippen LogP contribution in [-0.2, 0) is 20.9 Å². The lowest BCUT2D eigenvalue weighted by atomic mass is 10.0. The molecule has 3 heterocycles. The lowest BCUT2D eigenvalue weighted by Gasteiger charge is -2.15. The molecule has 0 spiro atoms. The molecule has 4 N–H and O–H groups in total. The van der Waals surface area contributed by atoms with Crippen LogP contribution in [0, 0.1) is 17.6 Å². The molecule has 0 bridgehead atoms. The van der Waals surface area contributed by atoms with E-state index in [2.05, 4.69) is 25.7 Å². The van der Waals surface area contributed by atoms with Crippen LogP contribution in [0.15, 0.2) is 90.2 Å². The van der Waals surface area contributed by atoms with Crippen LogP contribution in [0.25, 0.3) is 16.9 Å². The normalized spacial score (nSPS) is 14.7. The van der Waals surface area contributed by atoms with Crippen molar-refractivity contribution in [1.82, 2.24) is 19.9 Å². The van der Waals surface area contributed by atoms with Crippen molar-refractivity contribution in [1.29, 1.82) is 0 Å². The molecular weight excluding hydrogens is 644 g/mol. The van der Waals surface area contributed by atoms with E-state index in [1.807, 2.05) is 0 Å². The summed E-state index contributed by atoms with van der Waals surface area (Å²) in [5.74, 6) is -3.77. The summed E-state index contributed by atoms with van der Waals surface area (Å²) in [7, 11) is 0. The van der Waals surface area contributed by atoms with Gasteiger partial charge in [-0.1, -0.05) is 62.4 Å². The maximum Gasteiger partial charge on any atom is 0.323 e. The molecule has 11 nitrogen and oxygen atoms in total. The van der Waals surface area contributed by atoms with Gasteiger partial charge in [-0.05, 0) is 35.7 Å². The van der Waals surface area contributed by atoms with Gasteiger partial charge in [0, 0.05) is 29.1 Å². The van der Waals surface area contributed by atoms with E-state index in [-0.39, 0.29) is 58.8 Å². The molecule has 0 radical (unpaired) electrons. The molecule has 0 saturated carbocycles. The van der Waals surface area contributed by atoms with Gasteiger partial charge in [0.1, 0.15) is 35.5 Å². The molecule has 14 heteroatoms. The number of hydrogen-bond acceptors (Lipinski definition) is 8. The van der Waals surface area contributed by atoms with Crippen molar-refractivity contribution >= 4 is 47.2 Å². The highest BCUT2D eigenvalue weighted by molar-refractivity contribution is 6.20. The van der Waals surface area contributed by atoms with Crippen molar-refractivity contribution in [3.63, 3.8) is 0 Å². The summed E-state index contributed by atoms with van der Waals surface area (Å²) in [4.78, 5) is 48.4. The van der Waals surface area contributed by atoms with Gasteiger partial charge < -0.3 is 21.1 Å². The van der Waals surface area contributed by atoms with Crippen LogP contribution in [0.5, 0.6) is 0 Å². The van der Waals surface area contributed by atoms with Crippen LogP contribution in [0.1, 0.15) is 40.9 Å². The van der Waals surface area contributed by atoms with Gasteiger partial charge >= 0.3 is 5.97 Å². The standard InChI is InChI=1S/C34H29F2N7O4.ClH/c1-18(2)26(37)34(46)47-17-19-12-13-21(24(36)16-19)29-25(31-38-14-7-15-43(31)42-29)32(44)41-30-33(45)40-28-22(10-6-11-23(28)35)27(39-30)20-8-4-3-5-9-20;/h3-16,18,26,30H,17,37H2,1-2H3,(H,40,45)(H,41,44);1H/t26-,30-;/m1./s1. The summed E-state index contributed by atoms with van der Waals surface area (Å²) >= 11 is 0. The van der Waals surface area contributed by atoms with Crippen molar-refractivity contribution in [3.05, 3.63) is 119 Å². The molecule has 2 aromatic heterocycles. The number of anilines is 1. The molecule has 0 aliphatic carbocycles. The van der Waals surface area contributed by atoms with Gasteiger partial charge in [0.15, 0.2) is 5.65 Å². The van der Waals surface area contributed by atoms with Crippen LogP contribution < -0.4 is 16.4 Å². The Morgan fingerprint density at radius 2 is 1.79 bits per heavy atom. The van der Waals surface area contributed by atoms with Crippen LogP contribution >= 0.6 is 12.4 Å². The van der Waals surface area contributed by atoms with E-state index in [1.165, 1.54) is 47.2 Å². The predicted molar refractivity (Wildman–Crippen MR) is 177 cm³/mol. The highest BCUT2D eigenvalue weighted by Crippen LogP contribution is 2.30. The maximum absolute atomic E-state index is 15.6. The Morgan fingerprint density at radius 1 is 1.02 bits per heavy atom. The second-order valence-corrected chi connectivity index (χ2v) is 11.2. The van der Waals surface area contributed by atoms with Crippen LogP contribution in [0.2, 0.25) is 0 Å². The molecule has 0 fully saturated rings. The number of fused-ring (bicyclic) bond motifs is 2. The van der Waals surface area contributed by atoms with Gasteiger partial charge in [0.25, 0.3) is 11.8 Å². The van der Waals surface area contributed by atoms with E-state index < -0.39 is 41.6 Å². The van der Waals surface area contributed by atoms with Gasteiger partial charge in [-0.15, -0.1) is 12.4 Å². The number of benzene rings is 3. The van der Waals surface area contributed by atoms with E-state index in [4.69, 9.17) is 10.5 Å². The third-order valence-electron chi connectivity index (χ3n) is 7.62. The number of benzodiazepines with no additional fused rings is 1. The Morgan fingerprint density at radius 3 is 2.52 bits per heavy atom. The molecule has 48 heavy (non-hydrogen) atoms. The first-order valence-electron chi connectivity index (χ1n) is 14.7. The number of nitrogens with two attached hydrogens (primary N) is 1. The number of esters is 1. The van der Waals surface area contributed by atoms with Crippen LogP contribution in [0.3, 0.4) is 0 Å². The lowest BCUT2D eigenvalue weighted by molar-refractivity contribution is -0.147. The summed E-state index contributed by atoms with van der Waals surface area (Å²) < 4.78 is 37.1. The predicted octanol–water partition coefficient (Wildman–Crippen LogP) is 4.67. The molecule has 0 unspecified atom stereocenters. The minimum Gasteiger partial charge on any atom is -0.460 e. The summed E-state index contributed by atoms with van der Waals surface area (Å²) in [5, 5.41) is 9.56. The SMILES string of the molecule is CC(C)[C@@H](N)C(=O)OCc1ccc(-c2nn3cccnc3c2C(=O)N[C@H]2N=C(c3ccccc3)c3cccc(F)c3NC2=O)c(F)c1.Cl. The largest absolute Gasteiger partial charge is 0.460 e. The molecule has 1 aliphatic heterocycles. The van der Waals surface area contributed by atoms with Crippen molar-refractivity contribution in [2.24, 2.45) is 16.6 Å². The fourth-order valence-electron chi connectivity index (χ4n) is 5.07. The summed E-state index contributed by atoms with van der Waals surface area (Å²) in [6, 6.07) is 18.1. The van der Waals surface area contributed by atoms with Gasteiger partial charge in [-0.25, -0.2) is 23.3 Å². The summed E-state index contributed by atoms with van der Waals surface area (Å²) in [5.41, 5.74) is 7.19. The Hall–Kier alpha value is -5.53. The Balaban J connectivity index is 0.00000451. The quantitative estimate of drug-likeness (QED) is 0.202. The van der Waals surface area contributed by atoms with E-state index in [0.29, 0.717) is 16.7 Å². The third kappa shape index (κ3) is 6.64. The zero-order valence-corrected chi connectivity index (χ0v) is 26.5. The molecule has 246 valence electrons. The highest BCUT2D eigenvalue weighted by atomic mass is 35.5. The zero-order chi connectivity index (χ0) is 33.2. The number of rotatable bonds is 8. The lowest BCUT2D eigenvalue weighted by Crippen LogP contribution is -2.42. The van der Waals surface area contributed by atoms with Crippen molar-refractivity contribution in [2.45, 2.75) is 32.7 Å². The number of ether oxygens (including phenoxy) is 1. The average molecular weight is 674 g/mol. The van der Waals surface area contributed by atoms with Crippen molar-refractivity contribution in [3.8, 4) is 11.3 Å². The highest BCUT2D eigenvalue weighted by Gasteiger charge is 2.32. The molecule has 3 aromatic carbocycles. The fourth-order valence-corrected chi connectivity index (χ4v) is 5.07. The van der Waals surface area contributed by atoms with E-state index in [0.717, 1.165) is 0 Å². The Bertz CT molecular complexity index is 2050. The minimum absolute atomic E-state index is 0. The third-order valence-corrected chi connectivity index (χ3v) is 7.62. The van der Waals surface area contributed by atoms with E-state index in [1.54, 1.807) is 56.3 Å². The summed E-state index contributed by atoms with van der Waals surface area (Å²) in [6.07, 6.45) is 1.47. The number of aromatic nitrogens is 3. The smallest absolute Gasteiger partial charge is 0.323 e. The number of aliphatic imine (C=N–C) groups is 1. The number of amides is 2. The minimum atomic E-state index is -1.50. The van der Waals surface area contributed by atoms with E-state index in [9.17, 15) is 18.8 Å². The van der Waals surface area contributed by atoms with Crippen molar-refractivity contribution in [2.75, 3.05) is 5.32 Å². The average Bonchev–Trinajstić information content (AvgIpc) is 3.39. The van der Waals surface area contributed by atoms with Gasteiger partial charge in [-0.3, -0.25) is 14.4 Å². The first-order chi connectivity index (χ1) is 22.6. The van der Waals surface area contributed by atoms with Gasteiger partial charge in [0.2, 0.25) is 6.17 Å². The summed E-state index contributed by atoms with van der Waals surface area (Å²) in [6.45, 7) is 3.36. The molecule has 0 saturated heterocycles. The van der Waals surface area contributed by atoms with Crippen molar-refractivity contribution < 1.29 is 27.9 Å². The Kier molecular flexibility index (Phi) is 9.92. The number of carbonyl (C=O) groups excluding carboxylic acids is 3. The van der Waals surface area contributed by atoms with E-state index >= 15 is 4.39 Å².